The van der Waals surface area contributed by atoms with E-state index >= 15 is 0 Å². The van der Waals surface area contributed by atoms with Gasteiger partial charge in [0.15, 0.2) is 0 Å². The third-order valence-corrected chi connectivity index (χ3v) is 3.92. The lowest BCUT2D eigenvalue weighted by Crippen LogP contribution is -2.41. The molecule has 8 nitrogen and oxygen atoms in total. The maximum Gasteiger partial charge on any atom is 0.267 e. The fraction of sp³-hybridized carbons (Fsp3) is 0.294. The zero-order chi connectivity index (χ0) is 17.8. The average Bonchev–Trinajstić information content (AvgIpc) is 3.24. The molecule has 2 atom stereocenters. The normalized spacial score (nSPS) is 17.9. The second kappa shape index (κ2) is 7.16. The molecule has 1 aliphatic heterocycles. The minimum Gasteiger partial charge on any atom is -0.368 e. The standard InChI is InChI=1S/C17H20N6O2/c1-12(11-22-9-5-8-19-22)20-17(25)14-10-15(16(18)24)23(21-14)13-6-3-2-4-7-13/h2-9,12,15H,10-11H2,1H3,(H2,18,24)(H,20,25). The Morgan fingerprint density at radius 3 is 2.72 bits per heavy atom. The Morgan fingerprint density at radius 1 is 1.32 bits per heavy atom. The highest BCUT2D eigenvalue weighted by atomic mass is 16.2. The van der Waals surface area contributed by atoms with Crippen LogP contribution in [0, 0.1) is 0 Å². The number of benzene rings is 1. The smallest absolute Gasteiger partial charge is 0.267 e. The first kappa shape index (κ1) is 16.7. The summed E-state index contributed by atoms with van der Waals surface area (Å²) < 4.78 is 1.74. The highest BCUT2D eigenvalue weighted by molar-refractivity contribution is 6.40. The van der Waals surface area contributed by atoms with Gasteiger partial charge < -0.3 is 11.1 Å². The number of carbonyl (C=O) groups is 2. The van der Waals surface area contributed by atoms with Gasteiger partial charge in [-0.2, -0.15) is 10.2 Å². The van der Waals surface area contributed by atoms with Crippen LogP contribution in [0.4, 0.5) is 5.69 Å². The molecule has 0 bridgehead atoms. The summed E-state index contributed by atoms with van der Waals surface area (Å²) in [6, 6.07) is 10.2. The number of amides is 2. The van der Waals surface area contributed by atoms with Crippen LogP contribution in [0.15, 0.2) is 53.9 Å². The van der Waals surface area contributed by atoms with E-state index in [4.69, 9.17) is 5.73 Å². The molecule has 2 unspecified atom stereocenters. The molecule has 0 saturated carbocycles. The topological polar surface area (TPSA) is 106 Å². The van der Waals surface area contributed by atoms with E-state index in [-0.39, 0.29) is 18.4 Å². The van der Waals surface area contributed by atoms with Crippen molar-refractivity contribution < 1.29 is 9.59 Å². The lowest BCUT2D eigenvalue weighted by atomic mass is 10.1. The molecule has 1 aromatic heterocycles. The molecule has 8 heteroatoms. The molecule has 3 N–H and O–H groups in total. The summed E-state index contributed by atoms with van der Waals surface area (Å²) in [5.74, 6) is -0.815. The van der Waals surface area contributed by atoms with Crippen LogP contribution >= 0.6 is 0 Å². The van der Waals surface area contributed by atoms with Crippen molar-refractivity contribution in [2.45, 2.75) is 32.0 Å². The summed E-state index contributed by atoms with van der Waals surface area (Å²) in [5, 5.41) is 12.8. The Hall–Kier alpha value is -3.16. The van der Waals surface area contributed by atoms with Gasteiger partial charge in [0, 0.05) is 24.9 Å². The van der Waals surface area contributed by atoms with Gasteiger partial charge in [-0.05, 0) is 25.1 Å². The minimum absolute atomic E-state index is 0.132. The Bertz CT molecular complexity index is 772. The zero-order valence-electron chi connectivity index (χ0n) is 13.9. The van der Waals surface area contributed by atoms with E-state index in [1.54, 1.807) is 10.9 Å². The van der Waals surface area contributed by atoms with Crippen LogP contribution < -0.4 is 16.1 Å². The minimum atomic E-state index is -0.662. The summed E-state index contributed by atoms with van der Waals surface area (Å²) in [4.78, 5) is 24.2. The van der Waals surface area contributed by atoms with Crippen molar-refractivity contribution in [3.63, 3.8) is 0 Å². The quantitative estimate of drug-likeness (QED) is 0.799. The monoisotopic (exact) mass is 340 g/mol. The second-order valence-electron chi connectivity index (χ2n) is 5.95. The first-order valence-corrected chi connectivity index (χ1v) is 8.04. The van der Waals surface area contributed by atoms with E-state index in [0.717, 1.165) is 5.69 Å². The van der Waals surface area contributed by atoms with Gasteiger partial charge in [-0.3, -0.25) is 19.3 Å². The number of hydrogen-bond donors (Lipinski definition) is 2. The number of hydrogen-bond acceptors (Lipinski definition) is 5. The first-order valence-electron chi connectivity index (χ1n) is 8.04. The van der Waals surface area contributed by atoms with Crippen LogP contribution in [-0.2, 0) is 16.1 Å². The van der Waals surface area contributed by atoms with Crippen LogP contribution in [0.1, 0.15) is 13.3 Å². The van der Waals surface area contributed by atoms with Crippen molar-refractivity contribution in [3.8, 4) is 0 Å². The molecule has 1 aliphatic rings. The van der Waals surface area contributed by atoms with E-state index in [1.165, 1.54) is 5.01 Å². The van der Waals surface area contributed by atoms with Gasteiger partial charge in [0.25, 0.3) is 5.91 Å². The highest BCUT2D eigenvalue weighted by Crippen LogP contribution is 2.24. The fourth-order valence-electron chi connectivity index (χ4n) is 2.73. The van der Waals surface area contributed by atoms with E-state index in [1.807, 2.05) is 49.5 Å². The molecule has 130 valence electrons. The first-order chi connectivity index (χ1) is 12.0. The number of nitrogens with two attached hydrogens (primary N) is 1. The number of carbonyl (C=O) groups excluding carboxylic acids is 2. The third kappa shape index (κ3) is 3.85. The van der Waals surface area contributed by atoms with E-state index in [2.05, 4.69) is 15.5 Å². The summed E-state index contributed by atoms with van der Waals surface area (Å²) in [5.41, 5.74) is 6.49. The molecule has 0 radical (unpaired) electrons. The second-order valence-corrected chi connectivity index (χ2v) is 5.95. The molecule has 25 heavy (non-hydrogen) atoms. The molecule has 0 spiro atoms. The van der Waals surface area contributed by atoms with Crippen LogP contribution in [0.25, 0.3) is 0 Å². The van der Waals surface area contributed by atoms with Gasteiger partial charge in [0.2, 0.25) is 5.91 Å². The molecule has 2 amide bonds. The van der Waals surface area contributed by atoms with Crippen molar-refractivity contribution in [1.82, 2.24) is 15.1 Å². The number of aromatic nitrogens is 2. The Labute approximate surface area is 145 Å². The van der Waals surface area contributed by atoms with Crippen molar-refractivity contribution >= 4 is 23.2 Å². The van der Waals surface area contributed by atoms with Crippen LogP contribution in [0.3, 0.4) is 0 Å². The van der Waals surface area contributed by atoms with Crippen molar-refractivity contribution in [2.75, 3.05) is 5.01 Å². The largest absolute Gasteiger partial charge is 0.368 e. The van der Waals surface area contributed by atoms with Crippen molar-refractivity contribution in [2.24, 2.45) is 10.8 Å². The zero-order valence-corrected chi connectivity index (χ0v) is 13.9. The molecule has 0 aliphatic carbocycles. The van der Waals surface area contributed by atoms with E-state index in [0.29, 0.717) is 12.3 Å². The average molecular weight is 340 g/mol. The Kier molecular flexibility index (Phi) is 4.78. The molecule has 3 rings (SSSR count). The van der Waals surface area contributed by atoms with E-state index < -0.39 is 11.9 Å². The molecular weight excluding hydrogens is 320 g/mol. The predicted octanol–water partition coefficient (Wildman–Crippen LogP) is 0.508. The molecule has 2 heterocycles. The molecule has 2 aromatic rings. The Morgan fingerprint density at radius 2 is 2.08 bits per heavy atom. The highest BCUT2D eigenvalue weighted by Gasteiger charge is 2.35. The van der Waals surface area contributed by atoms with Gasteiger partial charge in [0.05, 0.1) is 12.2 Å². The van der Waals surface area contributed by atoms with Gasteiger partial charge in [0.1, 0.15) is 11.8 Å². The summed E-state index contributed by atoms with van der Waals surface area (Å²) in [7, 11) is 0. The van der Waals surface area contributed by atoms with Crippen LogP contribution in [0.2, 0.25) is 0 Å². The van der Waals surface area contributed by atoms with Crippen LogP contribution in [-0.4, -0.2) is 39.4 Å². The predicted molar refractivity (Wildman–Crippen MR) is 93.8 cm³/mol. The maximum absolute atomic E-state index is 12.5. The van der Waals surface area contributed by atoms with Gasteiger partial charge in [-0.25, -0.2) is 0 Å². The fourth-order valence-corrected chi connectivity index (χ4v) is 2.73. The number of nitrogens with one attached hydrogen (secondary N) is 1. The molecule has 1 aromatic carbocycles. The van der Waals surface area contributed by atoms with Gasteiger partial charge in [-0.15, -0.1) is 0 Å². The number of anilines is 1. The van der Waals surface area contributed by atoms with Crippen LogP contribution in [0.5, 0.6) is 0 Å². The SMILES string of the molecule is CC(Cn1cccn1)NC(=O)C1=NN(c2ccccc2)C(C(N)=O)C1. The number of hydrazone groups is 1. The van der Waals surface area contributed by atoms with Crippen molar-refractivity contribution in [3.05, 3.63) is 48.8 Å². The summed E-state index contributed by atoms with van der Waals surface area (Å²) in [6.45, 7) is 2.43. The van der Waals surface area contributed by atoms with Gasteiger partial charge in [-0.1, -0.05) is 18.2 Å². The molecule has 0 saturated heterocycles. The maximum atomic E-state index is 12.5. The van der Waals surface area contributed by atoms with E-state index in [9.17, 15) is 9.59 Å². The summed E-state index contributed by atoms with van der Waals surface area (Å²) in [6.07, 6.45) is 3.70. The molecular formula is C17H20N6O2. The number of primary amides is 1. The molecule has 0 fully saturated rings. The third-order valence-electron chi connectivity index (χ3n) is 3.92. The number of nitrogens with zero attached hydrogens (tertiary/aromatic N) is 4. The number of para-hydroxylation sites is 1. The van der Waals surface area contributed by atoms with Gasteiger partial charge >= 0.3 is 0 Å². The summed E-state index contributed by atoms with van der Waals surface area (Å²) >= 11 is 0. The van der Waals surface area contributed by atoms with Crippen molar-refractivity contribution in [1.29, 1.82) is 0 Å². The Balaban J connectivity index is 1.70. The lowest BCUT2D eigenvalue weighted by molar-refractivity contribution is -0.119. The lowest BCUT2D eigenvalue weighted by Gasteiger charge is -2.20. The number of rotatable bonds is 6.